The van der Waals surface area contributed by atoms with Crippen molar-refractivity contribution < 1.29 is 0 Å². The molecule has 0 radical (unpaired) electrons. The molecule has 1 aliphatic carbocycles. The Bertz CT molecular complexity index is 528. The second-order valence-corrected chi connectivity index (χ2v) is 4.75. The molecule has 0 saturated heterocycles. The molecule has 18 heavy (non-hydrogen) atoms. The first-order chi connectivity index (χ1) is 8.93. The van der Waals surface area contributed by atoms with Gasteiger partial charge in [0.15, 0.2) is 0 Å². The predicted molar refractivity (Wildman–Crippen MR) is 71.3 cm³/mol. The summed E-state index contributed by atoms with van der Waals surface area (Å²) in [4.78, 5) is 8.60. The van der Waals surface area contributed by atoms with Gasteiger partial charge in [0.25, 0.3) is 0 Å². The predicted octanol–water partition coefficient (Wildman–Crippen LogP) is 3.15. The van der Waals surface area contributed by atoms with Crippen molar-refractivity contribution in [1.82, 2.24) is 14.5 Å². The average Bonchev–Trinajstić information content (AvgIpc) is 2.89. The van der Waals surface area contributed by atoms with Crippen molar-refractivity contribution in [1.29, 1.82) is 0 Å². The molecule has 0 aromatic carbocycles. The smallest absolute Gasteiger partial charge is 0.112 e. The minimum absolute atomic E-state index is 0.576. The molecule has 2 aromatic rings. The normalized spacial score (nSPS) is 19.0. The van der Waals surface area contributed by atoms with E-state index in [0.717, 1.165) is 13.0 Å². The molecule has 3 rings (SSSR count). The maximum atomic E-state index is 4.55. The Hall–Kier alpha value is -1.90. The Morgan fingerprint density at radius 2 is 2.06 bits per heavy atom. The van der Waals surface area contributed by atoms with E-state index in [9.17, 15) is 0 Å². The minimum atomic E-state index is 0.576. The lowest BCUT2D eigenvalue weighted by Crippen LogP contribution is -2.11. The van der Waals surface area contributed by atoms with Crippen LogP contribution in [0.1, 0.15) is 36.6 Å². The summed E-state index contributed by atoms with van der Waals surface area (Å²) in [5, 5.41) is 0. The van der Waals surface area contributed by atoms with E-state index < -0.39 is 0 Å². The summed E-state index contributed by atoms with van der Waals surface area (Å²) in [7, 11) is 0. The SMILES string of the molecule is C1=CCC(c2nccn2Cc2ccncc2)CC1. The van der Waals surface area contributed by atoms with Crippen LogP contribution >= 0.6 is 0 Å². The maximum absolute atomic E-state index is 4.55. The van der Waals surface area contributed by atoms with Crippen LogP contribution in [0.4, 0.5) is 0 Å². The fourth-order valence-electron chi connectivity index (χ4n) is 2.53. The largest absolute Gasteiger partial charge is 0.330 e. The van der Waals surface area contributed by atoms with E-state index in [2.05, 4.69) is 45.0 Å². The molecule has 2 heterocycles. The molecule has 0 amide bonds. The van der Waals surface area contributed by atoms with Crippen molar-refractivity contribution in [2.75, 3.05) is 0 Å². The molecule has 0 N–H and O–H groups in total. The Balaban J connectivity index is 1.81. The molecule has 3 nitrogen and oxygen atoms in total. The molecule has 3 heteroatoms. The highest BCUT2D eigenvalue weighted by Gasteiger charge is 2.17. The van der Waals surface area contributed by atoms with E-state index in [1.54, 1.807) is 0 Å². The monoisotopic (exact) mass is 239 g/mol. The Morgan fingerprint density at radius 1 is 1.17 bits per heavy atom. The third kappa shape index (κ3) is 2.35. The molecular weight excluding hydrogens is 222 g/mol. The molecule has 0 saturated carbocycles. The van der Waals surface area contributed by atoms with Crippen LogP contribution in [-0.2, 0) is 6.54 Å². The zero-order valence-corrected chi connectivity index (χ0v) is 10.4. The Morgan fingerprint density at radius 3 is 2.83 bits per heavy atom. The summed E-state index contributed by atoms with van der Waals surface area (Å²) < 4.78 is 2.26. The van der Waals surface area contributed by atoms with Gasteiger partial charge in [0, 0.05) is 37.3 Å². The van der Waals surface area contributed by atoms with E-state index in [1.165, 1.54) is 24.2 Å². The molecule has 2 aromatic heterocycles. The molecule has 0 fully saturated rings. The first kappa shape index (κ1) is 11.2. The third-order valence-corrected chi connectivity index (χ3v) is 3.48. The van der Waals surface area contributed by atoms with Crippen LogP contribution in [0.2, 0.25) is 0 Å². The zero-order valence-electron chi connectivity index (χ0n) is 10.4. The van der Waals surface area contributed by atoms with Gasteiger partial charge in [-0.1, -0.05) is 12.2 Å². The number of pyridine rings is 1. The van der Waals surface area contributed by atoms with Gasteiger partial charge in [0.05, 0.1) is 0 Å². The van der Waals surface area contributed by atoms with Crippen LogP contribution in [0.25, 0.3) is 0 Å². The standard InChI is InChI=1S/C15H17N3/c1-2-4-14(5-3-1)15-17-10-11-18(15)12-13-6-8-16-9-7-13/h1-2,6-11,14H,3-5,12H2. The lowest BCUT2D eigenvalue weighted by Gasteiger charge is -2.18. The quantitative estimate of drug-likeness (QED) is 0.770. The van der Waals surface area contributed by atoms with Crippen molar-refractivity contribution in [3.05, 3.63) is 60.5 Å². The molecule has 0 spiro atoms. The summed E-state index contributed by atoms with van der Waals surface area (Å²) in [5.74, 6) is 1.79. The first-order valence-corrected chi connectivity index (χ1v) is 6.48. The lowest BCUT2D eigenvalue weighted by molar-refractivity contribution is 0.550. The average molecular weight is 239 g/mol. The first-order valence-electron chi connectivity index (χ1n) is 6.48. The molecular formula is C15H17N3. The molecule has 0 aliphatic heterocycles. The van der Waals surface area contributed by atoms with Crippen LogP contribution < -0.4 is 0 Å². The van der Waals surface area contributed by atoms with E-state index in [-0.39, 0.29) is 0 Å². The van der Waals surface area contributed by atoms with E-state index >= 15 is 0 Å². The second-order valence-electron chi connectivity index (χ2n) is 4.75. The van der Waals surface area contributed by atoms with Crippen molar-refractivity contribution in [2.24, 2.45) is 0 Å². The van der Waals surface area contributed by atoms with Crippen molar-refractivity contribution >= 4 is 0 Å². The number of allylic oxidation sites excluding steroid dienone is 2. The summed E-state index contributed by atoms with van der Waals surface area (Å²) >= 11 is 0. The van der Waals surface area contributed by atoms with Gasteiger partial charge >= 0.3 is 0 Å². The molecule has 1 aliphatic rings. The van der Waals surface area contributed by atoms with Crippen molar-refractivity contribution in [3.8, 4) is 0 Å². The van der Waals surface area contributed by atoms with Crippen LogP contribution in [0.3, 0.4) is 0 Å². The van der Waals surface area contributed by atoms with Crippen LogP contribution in [0.5, 0.6) is 0 Å². The van der Waals surface area contributed by atoms with Gasteiger partial charge in [0.2, 0.25) is 0 Å². The van der Waals surface area contributed by atoms with E-state index in [1.807, 2.05) is 18.6 Å². The highest BCUT2D eigenvalue weighted by atomic mass is 15.1. The topological polar surface area (TPSA) is 30.7 Å². The highest BCUT2D eigenvalue weighted by molar-refractivity contribution is 5.14. The fraction of sp³-hybridized carbons (Fsp3) is 0.333. The van der Waals surface area contributed by atoms with Gasteiger partial charge in [-0.15, -0.1) is 0 Å². The van der Waals surface area contributed by atoms with E-state index in [0.29, 0.717) is 5.92 Å². The number of nitrogens with zero attached hydrogens (tertiary/aromatic N) is 3. The van der Waals surface area contributed by atoms with Gasteiger partial charge in [-0.3, -0.25) is 4.98 Å². The Labute approximate surface area is 107 Å². The Kier molecular flexibility index (Phi) is 3.22. The molecule has 0 bridgehead atoms. The number of hydrogen-bond donors (Lipinski definition) is 0. The van der Waals surface area contributed by atoms with Crippen LogP contribution in [0.15, 0.2) is 49.1 Å². The zero-order chi connectivity index (χ0) is 12.2. The van der Waals surface area contributed by atoms with Gasteiger partial charge in [-0.05, 0) is 37.0 Å². The number of hydrogen-bond acceptors (Lipinski definition) is 2. The van der Waals surface area contributed by atoms with Gasteiger partial charge < -0.3 is 4.57 Å². The summed E-state index contributed by atoms with van der Waals surface area (Å²) in [6.07, 6.45) is 15.7. The third-order valence-electron chi connectivity index (χ3n) is 3.48. The summed E-state index contributed by atoms with van der Waals surface area (Å²) in [6.45, 7) is 0.887. The lowest BCUT2D eigenvalue weighted by atomic mass is 9.93. The summed E-state index contributed by atoms with van der Waals surface area (Å²) in [6, 6.07) is 4.12. The number of aromatic nitrogens is 3. The fourth-order valence-corrected chi connectivity index (χ4v) is 2.53. The molecule has 1 atom stereocenters. The van der Waals surface area contributed by atoms with Gasteiger partial charge in [-0.2, -0.15) is 0 Å². The van der Waals surface area contributed by atoms with Gasteiger partial charge in [-0.25, -0.2) is 4.98 Å². The maximum Gasteiger partial charge on any atom is 0.112 e. The van der Waals surface area contributed by atoms with E-state index in [4.69, 9.17) is 0 Å². The number of rotatable bonds is 3. The van der Waals surface area contributed by atoms with Crippen molar-refractivity contribution in [2.45, 2.75) is 31.7 Å². The minimum Gasteiger partial charge on any atom is -0.330 e. The number of imidazole rings is 1. The van der Waals surface area contributed by atoms with Crippen molar-refractivity contribution in [3.63, 3.8) is 0 Å². The van der Waals surface area contributed by atoms with Crippen LogP contribution in [-0.4, -0.2) is 14.5 Å². The van der Waals surface area contributed by atoms with Gasteiger partial charge in [0.1, 0.15) is 5.82 Å². The molecule has 1 unspecified atom stereocenters. The highest BCUT2D eigenvalue weighted by Crippen LogP contribution is 2.28. The second kappa shape index (κ2) is 5.17. The van der Waals surface area contributed by atoms with Crippen LogP contribution in [0, 0.1) is 0 Å². The summed E-state index contributed by atoms with van der Waals surface area (Å²) in [5.41, 5.74) is 1.27. The molecule has 92 valence electrons.